The van der Waals surface area contributed by atoms with Crippen LogP contribution in [0.2, 0.25) is 0 Å². The number of rotatable bonds is 8. The van der Waals surface area contributed by atoms with Gasteiger partial charge in [0.2, 0.25) is 0 Å². The van der Waals surface area contributed by atoms with E-state index in [4.69, 9.17) is 0 Å². The molecular weight excluding hydrogens is 400 g/mol. The van der Waals surface area contributed by atoms with Gasteiger partial charge in [0.1, 0.15) is 11.6 Å². The standard InChI is InChI=1S/C28H46O4/c1-17(2)19(4)25(31)15-18(3)23-9-10-24(28(23,6)13-14-29)22-8-7-20-16-21(30)11-12-27(20,5)26(22)32/h7,17-19,21-24,29-30H,8-16H2,1-6H3. The summed E-state index contributed by atoms with van der Waals surface area (Å²) < 4.78 is 0. The second-order valence-corrected chi connectivity index (χ2v) is 12.1. The topological polar surface area (TPSA) is 74.6 Å². The third-order valence-corrected chi connectivity index (χ3v) is 9.98. The van der Waals surface area contributed by atoms with Gasteiger partial charge in [0.15, 0.2) is 0 Å². The fourth-order valence-electron chi connectivity index (χ4n) is 7.44. The normalized spacial score (nSPS) is 39.5. The third-order valence-electron chi connectivity index (χ3n) is 9.98. The Morgan fingerprint density at radius 1 is 1.16 bits per heavy atom. The summed E-state index contributed by atoms with van der Waals surface area (Å²) in [5.41, 5.74) is 0.568. The summed E-state index contributed by atoms with van der Waals surface area (Å²) in [6.07, 6.45) is 8.06. The van der Waals surface area contributed by atoms with Crippen LogP contribution in [0.4, 0.5) is 0 Å². The molecule has 3 rings (SSSR count). The van der Waals surface area contributed by atoms with Crippen LogP contribution in [0.5, 0.6) is 0 Å². The third kappa shape index (κ3) is 4.51. The van der Waals surface area contributed by atoms with E-state index in [1.165, 1.54) is 0 Å². The highest BCUT2D eigenvalue weighted by Gasteiger charge is 2.56. The van der Waals surface area contributed by atoms with Gasteiger partial charge in [0, 0.05) is 30.3 Å². The van der Waals surface area contributed by atoms with Crippen LogP contribution in [0, 0.1) is 46.3 Å². The lowest BCUT2D eigenvalue weighted by Gasteiger charge is -2.48. The van der Waals surface area contributed by atoms with Gasteiger partial charge in [-0.1, -0.05) is 46.3 Å². The maximum absolute atomic E-state index is 13.8. The number of carbonyl (C=O) groups excluding carboxylic acids is 2. The Balaban J connectivity index is 1.82. The lowest BCUT2D eigenvalue weighted by atomic mass is 9.55. The van der Waals surface area contributed by atoms with Crippen LogP contribution in [0.15, 0.2) is 11.6 Å². The van der Waals surface area contributed by atoms with Crippen LogP contribution < -0.4 is 0 Å². The smallest absolute Gasteiger partial charge is 0.146 e. The molecule has 2 fully saturated rings. The molecule has 0 spiro atoms. The molecule has 0 heterocycles. The Morgan fingerprint density at radius 2 is 1.84 bits per heavy atom. The zero-order chi connectivity index (χ0) is 23.8. The number of carbonyl (C=O) groups is 2. The summed E-state index contributed by atoms with van der Waals surface area (Å²) in [7, 11) is 0. The van der Waals surface area contributed by atoms with Crippen molar-refractivity contribution in [3.05, 3.63) is 11.6 Å². The highest BCUT2D eigenvalue weighted by Crippen LogP contribution is 2.59. The van der Waals surface area contributed by atoms with E-state index in [0.29, 0.717) is 49.1 Å². The molecular formula is C28H46O4. The summed E-state index contributed by atoms with van der Waals surface area (Å²) in [5.74, 6) is 1.96. The fraction of sp³-hybridized carbons (Fsp3) is 0.857. The Morgan fingerprint density at radius 3 is 2.47 bits per heavy atom. The molecule has 0 aromatic carbocycles. The number of Topliss-reactive ketones (excluding diaryl/α,β-unsaturated/α-hetero) is 2. The number of ketones is 2. The van der Waals surface area contributed by atoms with Crippen molar-refractivity contribution in [3.8, 4) is 0 Å². The molecule has 4 heteroatoms. The molecule has 8 unspecified atom stereocenters. The van der Waals surface area contributed by atoms with Gasteiger partial charge in [0.05, 0.1) is 6.10 Å². The molecule has 3 aliphatic carbocycles. The van der Waals surface area contributed by atoms with Crippen LogP contribution >= 0.6 is 0 Å². The Labute approximate surface area is 195 Å². The molecule has 0 radical (unpaired) electrons. The minimum Gasteiger partial charge on any atom is -0.396 e. The van der Waals surface area contributed by atoms with E-state index in [9.17, 15) is 19.8 Å². The average molecular weight is 447 g/mol. The summed E-state index contributed by atoms with van der Waals surface area (Å²) in [4.78, 5) is 26.7. The number of hydrogen-bond donors (Lipinski definition) is 2. The van der Waals surface area contributed by atoms with Gasteiger partial charge < -0.3 is 10.2 Å². The van der Waals surface area contributed by atoms with E-state index < -0.39 is 5.41 Å². The summed E-state index contributed by atoms with van der Waals surface area (Å²) in [6.45, 7) is 12.9. The predicted molar refractivity (Wildman–Crippen MR) is 128 cm³/mol. The number of aliphatic hydroxyl groups excluding tert-OH is 2. The first-order valence-corrected chi connectivity index (χ1v) is 13.0. The first-order valence-electron chi connectivity index (χ1n) is 13.0. The van der Waals surface area contributed by atoms with Crippen LogP contribution in [0.25, 0.3) is 0 Å². The number of hydrogen-bond acceptors (Lipinski definition) is 4. The van der Waals surface area contributed by atoms with E-state index in [2.05, 4.69) is 40.7 Å². The first-order chi connectivity index (χ1) is 15.0. The minimum absolute atomic E-state index is 0.0157. The van der Waals surface area contributed by atoms with Gasteiger partial charge in [-0.25, -0.2) is 0 Å². The lowest BCUT2D eigenvalue weighted by Crippen LogP contribution is -2.47. The van der Waals surface area contributed by atoms with Crippen molar-refractivity contribution >= 4 is 11.6 Å². The van der Waals surface area contributed by atoms with Gasteiger partial charge in [-0.15, -0.1) is 0 Å². The average Bonchev–Trinajstić information content (AvgIpc) is 3.06. The predicted octanol–water partition coefficient (Wildman–Crippen LogP) is 5.36. The number of fused-ring (bicyclic) bond motifs is 1. The van der Waals surface area contributed by atoms with Gasteiger partial charge in [-0.05, 0) is 81.0 Å². The van der Waals surface area contributed by atoms with Crippen molar-refractivity contribution in [2.45, 2.75) is 99.0 Å². The summed E-state index contributed by atoms with van der Waals surface area (Å²) in [5, 5.41) is 20.1. The Kier molecular flexibility index (Phi) is 7.77. The molecule has 32 heavy (non-hydrogen) atoms. The Hall–Kier alpha value is -1.00. The van der Waals surface area contributed by atoms with Gasteiger partial charge in [-0.2, -0.15) is 0 Å². The summed E-state index contributed by atoms with van der Waals surface area (Å²) >= 11 is 0. The van der Waals surface area contributed by atoms with Crippen molar-refractivity contribution in [1.29, 1.82) is 0 Å². The zero-order valence-electron chi connectivity index (χ0n) is 21.2. The molecule has 0 amide bonds. The molecule has 0 aliphatic heterocycles. The van der Waals surface area contributed by atoms with Gasteiger partial charge in [0.25, 0.3) is 0 Å². The number of allylic oxidation sites excluding steroid dienone is 1. The monoisotopic (exact) mass is 446 g/mol. The number of aliphatic hydroxyl groups is 2. The van der Waals surface area contributed by atoms with Crippen molar-refractivity contribution < 1.29 is 19.8 Å². The SMILES string of the molecule is CC(C)C(C)C(=O)CC(C)C1CCC(C2CC=C3CC(O)CCC3(C)C2=O)C1(C)CCO. The molecule has 2 saturated carbocycles. The van der Waals surface area contributed by atoms with Gasteiger partial charge >= 0.3 is 0 Å². The van der Waals surface area contributed by atoms with E-state index >= 15 is 0 Å². The van der Waals surface area contributed by atoms with Crippen LogP contribution in [-0.4, -0.2) is 34.5 Å². The van der Waals surface area contributed by atoms with Crippen LogP contribution in [0.1, 0.15) is 92.9 Å². The molecule has 182 valence electrons. The largest absolute Gasteiger partial charge is 0.396 e. The molecule has 0 aromatic rings. The second kappa shape index (κ2) is 9.70. The maximum Gasteiger partial charge on any atom is 0.146 e. The highest BCUT2D eigenvalue weighted by molar-refractivity contribution is 5.91. The molecule has 0 bridgehead atoms. The van der Waals surface area contributed by atoms with Gasteiger partial charge in [-0.3, -0.25) is 9.59 Å². The van der Waals surface area contributed by atoms with Crippen molar-refractivity contribution in [3.63, 3.8) is 0 Å². The van der Waals surface area contributed by atoms with Crippen molar-refractivity contribution in [1.82, 2.24) is 0 Å². The van der Waals surface area contributed by atoms with E-state index in [1.54, 1.807) is 0 Å². The Bertz CT molecular complexity index is 740. The van der Waals surface area contributed by atoms with E-state index in [1.807, 2.05) is 6.92 Å². The molecule has 3 aliphatic rings. The molecule has 0 aromatic heterocycles. The molecule has 8 atom stereocenters. The first kappa shape index (κ1) is 25.6. The van der Waals surface area contributed by atoms with Crippen LogP contribution in [0.3, 0.4) is 0 Å². The quantitative estimate of drug-likeness (QED) is 0.493. The molecule has 2 N–H and O–H groups in total. The van der Waals surface area contributed by atoms with Crippen LogP contribution in [-0.2, 0) is 9.59 Å². The molecule has 4 nitrogen and oxygen atoms in total. The zero-order valence-corrected chi connectivity index (χ0v) is 21.2. The lowest BCUT2D eigenvalue weighted by molar-refractivity contribution is -0.137. The molecule has 0 saturated heterocycles. The van der Waals surface area contributed by atoms with E-state index in [0.717, 1.165) is 31.3 Å². The van der Waals surface area contributed by atoms with E-state index in [-0.39, 0.29) is 41.8 Å². The highest BCUT2D eigenvalue weighted by atomic mass is 16.3. The van der Waals surface area contributed by atoms with Crippen molar-refractivity contribution in [2.24, 2.45) is 46.3 Å². The van der Waals surface area contributed by atoms with Crippen molar-refractivity contribution in [2.75, 3.05) is 6.61 Å². The maximum atomic E-state index is 13.8. The fourth-order valence-corrected chi connectivity index (χ4v) is 7.44. The summed E-state index contributed by atoms with van der Waals surface area (Å²) in [6, 6.07) is 0. The second-order valence-electron chi connectivity index (χ2n) is 12.1. The minimum atomic E-state index is -0.436.